The van der Waals surface area contributed by atoms with E-state index in [1.165, 1.54) is 0 Å². The van der Waals surface area contributed by atoms with Crippen molar-refractivity contribution in [3.05, 3.63) is 77.4 Å². The van der Waals surface area contributed by atoms with Gasteiger partial charge in [0.15, 0.2) is 0 Å². The molecule has 0 spiro atoms. The minimum Gasteiger partial charge on any atom is -0.497 e. The predicted molar refractivity (Wildman–Crippen MR) is 88.8 cm³/mol. The van der Waals surface area contributed by atoms with Crippen LogP contribution in [-0.4, -0.2) is 12.2 Å². The fraction of sp³-hybridized carbons (Fsp3) is 0.100. The summed E-state index contributed by atoms with van der Waals surface area (Å²) in [4.78, 5) is 0. The Bertz CT molecular complexity index is 852. The van der Waals surface area contributed by atoms with E-state index < -0.39 is 0 Å². The number of hydrogen-bond acceptors (Lipinski definition) is 2. The number of benzene rings is 3. The van der Waals surface area contributed by atoms with Crippen LogP contribution < -0.4 is 4.74 Å². The molecule has 2 heteroatoms. The van der Waals surface area contributed by atoms with E-state index in [0.29, 0.717) is 0 Å². The first-order valence-corrected chi connectivity index (χ1v) is 7.08. The Morgan fingerprint density at radius 2 is 1.45 bits per heavy atom. The van der Waals surface area contributed by atoms with Gasteiger partial charge in [-0.15, -0.1) is 0 Å². The van der Waals surface area contributed by atoms with Crippen LogP contribution >= 0.6 is 0 Å². The Labute approximate surface area is 130 Å². The van der Waals surface area contributed by atoms with Crippen molar-refractivity contribution in [1.29, 1.82) is 0 Å². The van der Waals surface area contributed by atoms with Gasteiger partial charge in [-0.1, -0.05) is 30.0 Å². The summed E-state index contributed by atoms with van der Waals surface area (Å²) in [6.45, 7) is 0.0645. The van der Waals surface area contributed by atoms with Gasteiger partial charge in [0.1, 0.15) is 5.75 Å². The largest absolute Gasteiger partial charge is 0.497 e. The van der Waals surface area contributed by atoms with Gasteiger partial charge < -0.3 is 9.84 Å². The van der Waals surface area contributed by atoms with Crippen LogP contribution in [-0.2, 0) is 6.61 Å². The van der Waals surface area contributed by atoms with Crippen LogP contribution in [0.4, 0.5) is 0 Å². The zero-order chi connectivity index (χ0) is 15.4. The molecule has 0 heterocycles. The highest BCUT2D eigenvalue weighted by Crippen LogP contribution is 2.18. The maximum Gasteiger partial charge on any atom is 0.118 e. The number of hydrogen-bond donors (Lipinski definition) is 1. The fourth-order valence-corrected chi connectivity index (χ4v) is 2.29. The number of ether oxygens (including phenoxy) is 1. The lowest BCUT2D eigenvalue weighted by atomic mass is 10.0. The number of rotatable bonds is 2. The van der Waals surface area contributed by atoms with Crippen LogP contribution in [0.25, 0.3) is 10.8 Å². The van der Waals surface area contributed by atoms with Gasteiger partial charge in [0.05, 0.1) is 13.7 Å². The van der Waals surface area contributed by atoms with Crippen molar-refractivity contribution in [3.8, 4) is 17.6 Å². The SMILES string of the molecule is COc1ccc(C#Cc2ccc3cc(CO)ccc3c2)cc1. The topological polar surface area (TPSA) is 29.5 Å². The molecule has 0 aliphatic carbocycles. The molecule has 0 unspecified atom stereocenters. The molecular weight excluding hydrogens is 272 g/mol. The highest BCUT2D eigenvalue weighted by atomic mass is 16.5. The molecule has 22 heavy (non-hydrogen) atoms. The van der Waals surface area contributed by atoms with Crippen LogP contribution in [0.3, 0.4) is 0 Å². The average Bonchev–Trinajstić information content (AvgIpc) is 2.59. The molecule has 3 rings (SSSR count). The van der Waals surface area contributed by atoms with Crippen LogP contribution in [0.1, 0.15) is 16.7 Å². The number of aliphatic hydroxyl groups is 1. The zero-order valence-corrected chi connectivity index (χ0v) is 12.3. The van der Waals surface area contributed by atoms with Gasteiger partial charge >= 0.3 is 0 Å². The Morgan fingerprint density at radius 1 is 0.818 bits per heavy atom. The second kappa shape index (κ2) is 6.34. The van der Waals surface area contributed by atoms with Gasteiger partial charge in [0.25, 0.3) is 0 Å². The van der Waals surface area contributed by atoms with Gasteiger partial charge in [0.2, 0.25) is 0 Å². The minimum absolute atomic E-state index is 0.0645. The van der Waals surface area contributed by atoms with Crippen LogP contribution in [0.15, 0.2) is 60.7 Å². The average molecular weight is 288 g/mol. The van der Waals surface area contributed by atoms with E-state index in [-0.39, 0.29) is 6.61 Å². The lowest BCUT2D eigenvalue weighted by Gasteiger charge is -2.01. The second-order valence-corrected chi connectivity index (χ2v) is 5.03. The highest BCUT2D eigenvalue weighted by Gasteiger charge is 1.97. The molecule has 0 aliphatic rings. The molecule has 0 saturated heterocycles. The zero-order valence-electron chi connectivity index (χ0n) is 12.3. The summed E-state index contributed by atoms with van der Waals surface area (Å²) in [6.07, 6.45) is 0. The van der Waals surface area contributed by atoms with E-state index in [9.17, 15) is 0 Å². The Morgan fingerprint density at radius 3 is 2.18 bits per heavy atom. The van der Waals surface area contributed by atoms with Crippen molar-refractivity contribution in [1.82, 2.24) is 0 Å². The third kappa shape index (κ3) is 3.11. The quantitative estimate of drug-likeness (QED) is 0.728. The first-order chi connectivity index (χ1) is 10.8. The van der Waals surface area contributed by atoms with Gasteiger partial charge in [-0.05, 0) is 58.8 Å². The van der Waals surface area contributed by atoms with Crippen molar-refractivity contribution in [2.75, 3.05) is 7.11 Å². The lowest BCUT2D eigenvalue weighted by molar-refractivity contribution is 0.282. The lowest BCUT2D eigenvalue weighted by Crippen LogP contribution is -1.84. The Balaban J connectivity index is 1.89. The summed E-state index contributed by atoms with van der Waals surface area (Å²) in [5.74, 6) is 7.16. The summed E-state index contributed by atoms with van der Waals surface area (Å²) in [7, 11) is 1.65. The molecule has 0 aromatic heterocycles. The van der Waals surface area contributed by atoms with Crippen molar-refractivity contribution in [2.24, 2.45) is 0 Å². The van der Waals surface area contributed by atoms with Crippen molar-refractivity contribution < 1.29 is 9.84 Å². The van der Waals surface area contributed by atoms with Gasteiger partial charge in [-0.2, -0.15) is 0 Å². The third-order valence-corrected chi connectivity index (χ3v) is 3.53. The predicted octanol–water partition coefficient (Wildman–Crippen LogP) is 3.74. The van der Waals surface area contributed by atoms with Crippen molar-refractivity contribution in [3.63, 3.8) is 0 Å². The monoisotopic (exact) mass is 288 g/mol. The summed E-state index contributed by atoms with van der Waals surface area (Å²) in [5.41, 5.74) is 2.85. The minimum atomic E-state index is 0.0645. The molecule has 3 aromatic rings. The molecule has 2 nitrogen and oxygen atoms in total. The van der Waals surface area contributed by atoms with Crippen LogP contribution in [0, 0.1) is 11.8 Å². The van der Waals surface area contributed by atoms with Crippen LogP contribution in [0.2, 0.25) is 0 Å². The molecule has 0 bridgehead atoms. The molecule has 1 N–H and O–H groups in total. The molecular formula is C20H16O2. The maximum absolute atomic E-state index is 9.17. The molecule has 0 amide bonds. The van der Waals surface area contributed by atoms with Crippen molar-refractivity contribution in [2.45, 2.75) is 6.61 Å². The van der Waals surface area contributed by atoms with E-state index in [2.05, 4.69) is 17.9 Å². The third-order valence-electron chi connectivity index (χ3n) is 3.53. The molecule has 0 radical (unpaired) electrons. The van der Waals surface area contributed by atoms with E-state index in [0.717, 1.165) is 33.2 Å². The number of methoxy groups -OCH3 is 1. The first kappa shape index (κ1) is 14.2. The molecule has 0 atom stereocenters. The van der Waals surface area contributed by atoms with E-state index in [4.69, 9.17) is 9.84 Å². The summed E-state index contributed by atoms with van der Waals surface area (Å²) < 4.78 is 5.13. The van der Waals surface area contributed by atoms with Gasteiger partial charge in [-0.25, -0.2) is 0 Å². The summed E-state index contributed by atoms with van der Waals surface area (Å²) in [6, 6.07) is 19.7. The second-order valence-electron chi connectivity index (χ2n) is 5.03. The summed E-state index contributed by atoms with van der Waals surface area (Å²) in [5, 5.41) is 11.4. The van der Waals surface area contributed by atoms with Crippen LogP contribution in [0.5, 0.6) is 5.75 Å². The molecule has 0 saturated carbocycles. The Hall–Kier alpha value is -2.76. The molecule has 0 aliphatic heterocycles. The van der Waals surface area contributed by atoms with E-state index in [1.807, 2.05) is 54.6 Å². The van der Waals surface area contributed by atoms with Gasteiger partial charge in [-0.3, -0.25) is 0 Å². The first-order valence-electron chi connectivity index (χ1n) is 7.08. The van der Waals surface area contributed by atoms with Crippen molar-refractivity contribution >= 4 is 10.8 Å². The standard InChI is InChI=1S/C20H16O2/c1-22-20-10-6-15(7-11-20)2-3-16-4-8-19-13-17(14-21)5-9-18(19)12-16/h4-13,21H,14H2,1H3. The number of aliphatic hydroxyl groups excluding tert-OH is 1. The number of fused-ring (bicyclic) bond motifs is 1. The van der Waals surface area contributed by atoms with E-state index >= 15 is 0 Å². The Kier molecular flexibility index (Phi) is 4.09. The molecule has 3 aromatic carbocycles. The summed E-state index contributed by atoms with van der Waals surface area (Å²) >= 11 is 0. The smallest absolute Gasteiger partial charge is 0.118 e. The fourth-order valence-electron chi connectivity index (χ4n) is 2.29. The highest BCUT2D eigenvalue weighted by molar-refractivity contribution is 5.84. The van der Waals surface area contributed by atoms with E-state index in [1.54, 1.807) is 7.11 Å². The molecule has 0 fully saturated rings. The maximum atomic E-state index is 9.17. The molecule has 108 valence electrons. The van der Waals surface area contributed by atoms with Gasteiger partial charge in [0, 0.05) is 11.1 Å². The normalized spacial score (nSPS) is 10.1.